The van der Waals surface area contributed by atoms with Gasteiger partial charge in [-0.05, 0) is 29.8 Å². The van der Waals surface area contributed by atoms with Crippen LogP contribution in [0.5, 0.6) is 23.0 Å². The summed E-state index contributed by atoms with van der Waals surface area (Å²) >= 11 is 0. The zero-order valence-corrected chi connectivity index (χ0v) is 20.3. The molecule has 0 bridgehead atoms. The molecule has 0 atom stereocenters. The molecule has 10 nitrogen and oxygen atoms in total. The van der Waals surface area contributed by atoms with E-state index in [1.807, 2.05) is 18.2 Å². The first-order valence-corrected chi connectivity index (χ1v) is 12.7. The van der Waals surface area contributed by atoms with Gasteiger partial charge in [-0.25, -0.2) is 8.42 Å². The molecule has 0 radical (unpaired) electrons. The van der Waals surface area contributed by atoms with Crippen molar-refractivity contribution in [3.05, 3.63) is 42.0 Å². The molecule has 0 unspecified atom stereocenters. The molecular formula is C23H29N3O7S. The molecule has 2 aromatic rings. The highest BCUT2D eigenvalue weighted by Gasteiger charge is 2.28. The van der Waals surface area contributed by atoms with E-state index >= 15 is 0 Å². The molecule has 2 aromatic carbocycles. The first-order valence-electron chi connectivity index (χ1n) is 10.9. The maximum absolute atomic E-state index is 13.0. The van der Waals surface area contributed by atoms with Gasteiger partial charge in [0.15, 0.2) is 11.5 Å². The van der Waals surface area contributed by atoms with Gasteiger partial charge in [-0.2, -0.15) is 0 Å². The minimum absolute atomic E-state index is 0.243. The number of nitrogens with zero attached hydrogens (tertiary/aromatic N) is 3. The second-order valence-corrected chi connectivity index (χ2v) is 10.1. The fourth-order valence-electron chi connectivity index (χ4n) is 4.05. The number of benzene rings is 2. The molecule has 184 valence electrons. The lowest BCUT2D eigenvalue weighted by atomic mass is 10.1. The van der Waals surface area contributed by atoms with Gasteiger partial charge in [0.2, 0.25) is 22.7 Å². The number of ether oxygens (including phenoxy) is 4. The largest absolute Gasteiger partial charge is 0.497 e. The van der Waals surface area contributed by atoms with Crippen molar-refractivity contribution in [2.75, 3.05) is 64.3 Å². The first-order chi connectivity index (χ1) is 16.3. The molecule has 1 fully saturated rings. The monoisotopic (exact) mass is 491 g/mol. The number of methoxy groups -OCH3 is 2. The van der Waals surface area contributed by atoms with Crippen LogP contribution in [0.3, 0.4) is 0 Å². The van der Waals surface area contributed by atoms with Crippen molar-refractivity contribution in [1.82, 2.24) is 9.80 Å². The van der Waals surface area contributed by atoms with Gasteiger partial charge in [0, 0.05) is 38.8 Å². The van der Waals surface area contributed by atoms with Crippen LogP contribution in [0.1, 0.15) is 5.56 Å². The first kappa shape index (κ1) is 24.0. The minimum Gasteiger partial charge on any atom is -0.497 e. The summed E-state index contributed by atoms with van der Waals surface area (Å²) in [6, 6.07) is 10.7. The highest BCUT2D eigenvalue weighted by molar-refractivity contribution is 7.92. The van der Waals surface area contributed by atoms with E-state index in [0.29, 0.717) is 43.4 Å². The topological polar surface area (TPSA) is 97.9 Å². The van der Waals surface area contributed by atoms with E-state index in [1.54, 1.807) is 23.1 Å². The molecular weight excluding hydrogens is 462 g/mol. The second-order valence-electron chi connectivity index (χ2n) is 8.15. The SMILES string of the molecule is COc1ccc(N(CC(=O)N2CCN(Cc3ccc4c(c3)OCO4)CC2)S(C)(=O)=O)c(OC)c1. The van der Waals surface area contributed by atoms with Crippen LogP contribution >= 0.6 is 0 Å². The van der Waals surface area contributed by atoms with Gasteiger partial charge in [0.05, 0.1) is 26.2 Å². The maximum Gasteiger partial charge on any atom is 0.243 e. The third-order valence-corrected chi connectivity index (χ3v) is 7.03. The summed E-state index contributed by atoms with van der Waals surface area (Å²) in [5.74, 6) is 2.08. The third-order valence-electron chi connectivity index (χ3n) is 5.90. The van der Waals surface area contributed by atoms with E-state index in [4.69, 9.17) is 18.9 Å². The van der Waals surface area contributed by atoms with Crippen molar-refractivity contribution in [3.8, 4) is 23.0 Å². The highest BCUT2D eigenvalue weighted by atomic mass is 32.2. The summed E-state index contributed by atoms with van der Waals surface area (Å²) in [5, 5.41) is 0. The van der Waals surface area contributed by atoms with Gasteiger partial charge in [-0.3, -0.25) is 14.0 Å². The molecule has 2 heterocycles. The van der Waals surface area contributed by atoms with Crippen LogP contribution in [-0.4, -0.2) is 84.1 Å². The number of amides is 1. The molecule has 0 aromatic heterocycles. The van der Waals surface area contributed by atoms with E-state index in [1.165, 1.54) is 14.2 Å². The number of fused-ring (bicyclic) bond motifs is 1. The smallest absolute Gasteiger partial charge is 0.243 e. The lowest BCUT2D eigenvalue weighted by Gasteiger charge is -2.36. The second kappa shape index (κ2) is 9.98. The van der Waals surface area contributed by atoms with Crippen molar-refractivity contribution >= 4 is 21.6 Å². The van der Waals surface area contributed by atoms with Gasteiger partial charge in [-0.1, -0.05) is 6.07 Å². The Bertz CT molecular complexity index is 1150. The van der Waals surface area contributed by atoms with Gasteiger partial charge in [-0.15, -0.1) is 0 Å². The van der Waals surface area contributed by atoms with E-state index in [2.05, 4.69) is 4.90 Å². The number of sulfonamides is 1. The quantitative estimate of drug-likeness (QED) is 0.549. The van der Waals surface area contributed by atoms with E-state index in [9.17, 15) is 13.2 Å². The lowest BCUT2D eigenvalue weighted by Crippen LogP contribution is -2.51. The molecule has 2 aliphatic rings. The van der Waals surface area contributed by atoms with Gasteiger partial charge in [0.25, 0.3) is 0 Å². The van der Waals surface area contributed by atoms with Crippen molar-refractivity contribution < 1.29 is 32.2 Å². The predicted octanol–water partition coefficient (Wildman–Crippen LogP) is 1.54. The van der Waals surface area contributed by atoms with Crippen LogP contribution in [0.2, 0.25) is 0 Å². The number of carbonyl (C=O) groups excluding carboxylic acids is 1. The molecule has 0 spiro atoms. The summed E-state index contributed by atoms with van der Waals surface area (Å²) in [6.07, 6.45) is 1.08. The molecule has 1 saturated heterocycles. The Kier molecular flexibility index (Phi) is 7.03. The number of rotatable bonds is 8. The Labute approximate surface area is 199 Å². The predicted molar refractivity (Wildman–Crippen MR) is 126 cm³/mol. The number of hydrogen-bond donors (Lipinski definition) is 0. The van der Waals surface area contributed by atoms with Crippen LogP contribution in [-0.2, 0) is 21.4 Å². The maximum atomic E-state index is 13.0. The molecule has 4 rings (SSSR count). The average Bonchev–Trinajstić information content (AvgIpc) is 3.30. The fourth-order valence-corrected chi connectivity index (χ4v) is 4.90. The summed E-state index contributed by atoms with van der Waals surface area (Å²) < 4.78 is 47.5. The van der Waals surface area contributed by atoms with Gasteiger partial charge >= 0.3 is 0 Å². The fraction of sp³-hybridized carbons (Fsp3) is 0.435. The van der Waals surface area contributed by atoms with Crippen LogP contribution < -0.4 is 23.3 Å². The zero-order chi connectivity index (χ0) is 24.3. The molecule has 1 amide bonds. The number of piperazine rings is 1. The van der Waals surface area contributed by atoms with Crippen molar-refractivity contribution in [2.24, 2.45) is 0 Å². The summed E-state index contributed by atoms with van der Waals surface area (Å²) in [5.41, 5.74) is 1.40. The van der Waals surface area contributed by atoms with Crippen LogP contribution in [0.4, 0.5) is 5.69 Å². The van der Waals surface area contributed by atoms with E-state index in [0.717, 1.165) is 34.2 Å². The van der Waals surface area contributed by atoms with Gasteiger partial charge in [0.1, 0.15) is 18.0 Å². The van der Waals surface area contributed by atoms with Crippen molar-refractivity contribution in [3.63, 3.8) is 0 Å². The van der Waals surface area contributed by atoms with Crippen LogP contribution in [0.15, 0.2) is 36.4 Å². The minimum atomic E-state index is -3.73. The van der Waals surface area contributed by atoms with Crippen LogP contribution in [0.25, 0.3) is 0 Å². The molecule has 11 heteroatoms. The number of anilines is 1. The van der Waals surface area contributed by atoms with Crippen molar-refractivity contribution in [2.45, 2.75) is 6.54 Å². The van der Waals surface area contributed by atoms with Gasteiger partial charge < -0.3 is 23.8 Å². The third kappa shape index (κ3) is 5.31. The molecule has 34 heavy (non-hydrogen) atoms. The molecule has 0 aliphatic carbocycles. The Balaban J connectivity index is 1.39. The molecule has 0 saturated carbocycles. The Morgan fingerprint density at radius 2 is 1.74 bits per heavy atom. The zero-order valence-electron chi connectivity index (χ0n) is 19.5. The summed E-state index contributed by atoms with van der Waals surface area (Å²) in [4.78, 5) is 17.0. The lowest BCUT2D eigenvalue weighted by molar-refractivity contribution is -0.131. The van der Waals surface area contributed by atoms with Crippen LogP contribution in [0, 0.1) is 0 Å². The van der Waals surface area contributed by atoms with E-state index < -0.39 is 10.0 Å². The molecule has 0 N–H and O–H groups in total. The Hall–Kier alpha value is -3.18. The number of carbonyl (C=O) groups is 1. The van der Waals surface area contributed by atoms with E-state index in [-0.39, 0.29) is 19.2 Å². The summed E-state index contributed by atoms with van der Waals surface area (Å²) in [6.45, 7) is 3.07. The Morgan fingerprint density at radius 1 is 1.00 bits per heavy atom. The molecule has 2 aliphatic heterocycles. The average molecular weight is 492 g/mol. The number of hydrogen-bond acceptors (Lipinski definition) is 8. The highest BCUT2D eigenvalue weighted by Crippen LogP contribution is 2.34. The normalized spacial score (nSPS) is 15.8. The Morgan fingerprint density at radius 3 is 2.41 bits per heavy atom. The standard InChI is InChI=1S/C23H29N3O7S/c1-30-18-5-6-19(21(13-18)31-2)26(34(3,28)29)15-23(27)25-10-8-24(9-11-25)14-17-4-7-20-22(12-17)33-16-32-20/h4-7,12-13H,8-11,14-16H2,1-3H3. The summed E-state index contributed by atoms with van der Waals surface area (Å²) in [7, 11) is -0.771. The van der Waals surface area contributed by atoms with Crippen molar-refractivity contribution in [1.29, 1.82) is 0 Å².